The number of hydrogen-bond acceptors (Lipinski definition) is 3. The summed E-state index contributed by atoms with van der Waals surface area (Å²) in [5, 5.41) is 6.27. The standard InChI is InChI=1S/C15H21BrN2O2/c1-20-14-10-12(3-4-13(14)16)18-15(19)5-2-11-6-8-17-9-7-11/h3-4,10-11,17H,2,5-9H2,1H3,(H,18,19). The zero-order valence-corrected chi connectivity index (χ0v) is 13.3. The first-order valence-electron chi connectivity index (χ1n) is 7.03. The molecule has 1 amide bonds. The van der Waals surface area contributed by atoms with Crippen molar-refractivity contribution in [3.05, 3.63) is 22.7 Å². The monoisotopic (exact) mass is 340 g/mol. The highest BCUT2D eigenvalue weighted by Gasteiger charge is 2.14. The van der Waals surface area contributed by atoms with Crippen LogP contribution in [-0.2, 0) is 4.79 Å². The molecule has 0 unspecified atom stereocenters. The minimum atomic E-state index is 0.0768. The normalized spacial score (nSPS) is 15.9. The zero-order valence-electron chi connectivity index (χ0n) is 11.7. The van der Waals surface area contributed by atoms with Crippen LogP contribution in [0.15, 0.2) is 22.7 Å². The van der Waals surface area contributed by atoms with Crippen LogP contribution >= 0.6 is 15.9 Å². The zero-order chi connectivity index (χ0) is 14.4. The van der Waals surface area contributed by atoms with Gasteiger partial charge in [0.1, 0.15) is 5.75 Å². The molecule has 1 aromatic rings. The summed E-state index contributed by atoms with van der Waals surface area (Å²) < 4.78 is 6.10. The van der Waals surface area contributed by atoms with E-state index in [1.807, 2.05) is 18.2 Å². The van der Waals surface area contributed by atoms with Gasteiger partial charge in [-0.15, -0.1) is 0 Å². The maximum atomic E-state index is 12.0. The number of amides is 1. The molecule has 1 heterocycles. The van der Waals surface area contributed by atoms with E-state index in [1.54, 1.807) is 7.11 Å². The Morgan fingerprint density at radius 2 is 2.20 bits per heavy atom. The van der Waals surface area contributed by atoms with Crippen LogP contribution in [0.4, 0.5) is 5.69 Å². The molecule has 0 radical (unpaired) electrons. The first-order valence-corrected chi connectivity index (χ1v) is 7.82. The smallest absolute Gasteiger partial charge is 0.224 e. The van der Waals surface area contributed by atoms with Gasteiger partial charge in [-0.25, -0.2) is 0 Å². The van der Waals surface area contributed by atoms with E-state index in [0.29, 0.717) is 12.3 Å². The molecule has 0 bridgehead atoms. The molecule has 1 aliphatic rings. The molecule has 5 heteroatoms. The maximum absolute atomic E-state index is 12.0. The molecule has 0 aromatic heterocycles. The first kappa shape index (κ1) is 15.3. The van der Waals surface area contributed by atoms with Crippen molar-refractivity contribution in [1.82, 2.24) is 5.32 Å². The Labute approximate surface area is 128 Å². The summed E-state index contributed by atoms with van der Waals surface area (Å²) in [5.41, 5.74) is 0.778. The van der Waals surface area contributed by atoms with Gasteiger partial charge >= 0.3 is 0 Å². The van der Waals surface area contributed by atoms with E-state index in [0.717, 1.165) is 35.4 Å². The lowest BCUT2D eigenvalue weighted by molar-refractivity contribution is -0.116. The van der Waals surface area contributed by atoms with Crippen LogP contribution in [0.25, 0.3) is 0 Å². The Bertz CT molecular complexity index is 459. The molecule has 1 saturated heterocycles. The van der Waals surface area contributed by atoms with Gasteiger partial charge in [0.25, 0.3) is 0 Å². The van der Waals surface area contributed by atoms with Crippen LogP contribution in [0.3, 0.4) is 0 Å². The summed E-state index contributed by atoms with van der Waals surface area (Å²) in [4.78, 5) is 12.0. The highest BCUT2D eigenvalue weighted by atomic mass is 79.9. The minimum absolute atomic E-state index is 0.0768. The Kier molecular flexibility index (Phi) is 5.86. The van der Waals surface area contributed by atoms with E-state index in [2.05, 4.69) is 26.6 Å². The number of ether oxygens (including phenoxy) is 1. The van der Waals surface area contributed by atoms with Crippen LogP contribution in [0.5, 0.6) is 5.75 Å². The van der Waals surface area contributed by atoms with E-state index in [1.165, 1.54) is 12.8 Å². The third-order valence-corrected chi connectivity index (χ3v) is 4.33. The van der Waals surface area contributed by atoms with E-state index in [4.69, 9.17) is 4.74 Å². The summed E-state index contributed by atoms with van der Waals surface area (Å²) in [6.45, 7) is 2.16. The molecule has 110 valence electrons. The van der Waals surface area contributed by atoms with Gasteiger partial charge in [0, 0.05) is 18.2 Å². The fourth-order valence-corrected chi connectivity index (χ4v) is 2.88. The van der Waals surface area contributed by atoms with Crippen molar-refractivity contribution in [2.45, 2.75) is 25.7 Å². The molecule has 1 fully saturated rings. The predicted octanol–water partition coefficient (Wildman–Crippen LogP) is 3.18. The summed E-state index contributed by atoms with van der Waals surface area (Å²) in [5.74, 6) is 1.48. The number of piperidine rings is 1. The van der Waals surface area contributed by atoms with Crippen molar-refractivity contribution in [2.75, 3.05) is 25.5 Å². The number of anilines is 1. The van der Waals surface area contributed by atoms with Crippen molar-refractivity contribution in [3.63, 3.8) is 0 Å². The molecule has 0 saturated carbocycles. The average Bonchev–Trinajstić information content (AvgIpc) is 2.48. The van der Waals surface area contributed by atoms with Gasteiger partial charge < -0.3 is 15.4 Å². The number of nitrogens with one attached hydrogen (secondary N) is 2. The maximum Gasteiger partial charge on any atom is 0.224 e. The van der Waals surface area contributed by atoms with Crippen molar-refractivity contribution in [1.29, 1.82) is 0 Å². The predicted molar refractivity (Wildman–Crippen MR) is 84.2 cm³/mol. The first-order chi connectivity index (χ1) is 9.69. The number of carbonyl (C=O) groups is 1. The lowest BCUT2D eigenvalue weighted by Crippen LogP contribution is -2.28. The highest BCUT2D eigenvalue weighted by molar-refractivity contribution is 9.10. The molecular weight excluding hydrogens is 320 g/mol. The van der Waals surface area contributed by atoms with Gasteiger partial charge in [0.15, 0.2) is 0 Å². The highest BCUT2D eigenvalue weighted by Crippen LogP contribution is 2.28. The quantitative estimate of drug-likeness (QED) is 0.865. The van der Waals surface area contributed by atoms with Crippen LogP contribution in [0.1, 0.15) is 25.7 Å². The molecule has 2 N–H and O–H groups in total. The van der Waals surface area contributed by atoms with Crippen LogP contribution in [0, 0.1) is 5.92 Å². The van der Waals surface area contributed by atoms with Crippen molar-refractivity contribution in [2.24, 2.45) is 5.92 Å². The van der Waals surface area contributed by atoms with Crippen molar-refractivity contribution in [3.8, 4) is 5.75 Å². The fourth-order valence-electron chi connectivity index (χ4n) is 2.47. The van der Waals surface area contributed by atoms with Gasteiger partial charge in [-0.05, 0) is 66.3 Å². The fraction of sp³-hybridized carbons (Fsp3) is 0.533. The Hall–Kier alpha value is -1.07. The third kappa shape index (κ3) is 4.49. The Morgan fingerprint density at radius 1 is 1.45 bits per heavy atom. The van der Waals surface area contributed by atoms with E-state index < -0.39 is 0 Å². The molecule has 2 rings (SSSR count). The number of benzene rings is 1. The van der Waals surface area contributed by atoms with Gasteiger partial charge in [0.2, 0.25) is 5.91 Å². The SMILES string of the molecule is COc1cc(NC(=O)CCC2CCNCC2)ccc1Br. The summed E-state index contributed by atoms with van der Waals surface area (Å²) in [6.07, 6.45) is 3.92. The van der Waals surface area contributed by atoms with E-state index in [9.17, 15) is 4.79 Å². The summed E-state index contributed by atoms with van der Waals surface area (Å²) >= 11 is 3.40. The second-order valence-corrected chi connectivity index (χ2v) is 5.98. The van der Waals surface area contributed by atoms with Gasteiger partial charge in [-0.3, -0.25) is 4.79 Å². The number of carbonyl (C=O) groups excluding carboxylic acids is 1. The van der Waals surface area contributed by atoms with Gasteiger partial charge in [0.05, 0.1) is 11.6 Å². The van der Waals surface area contributed by atoms with Gasteiger partial charge in [-0.2, -0.15) is 0 Å². The molecule has 4 nitrogen and oxygen atoms in total. The molecular formula is C15H21BrN2O2. The summed E-state index contributed by atoms with van der Waals surface area (Å²) in [7, 11) is 1.61. The van der Waals surface area contributed by atoms with Crippen molar-refractivity contribution < 1.29 is 9.53 Å². The molecule has 20 heavy (non-hydrogen) atoms. The molecule has 0 aliphatic carbocycles. The van der Waals surface area contributed by atoms with Crippen LogP contribution in [-0.4, -0.2) is 26.1 Å². The second kappa shape index (κ2) is 7.64. The lowest BCUT2D eigenvalue weighted by Gasteiger charge is -2.22. The van der Waals surface area contributed by atoms with Crippen LogP contribution < -0.4 is 15.4 Å². The molecule has 1 aromatic carbocycles. The topological polar surface area (TPSA) is 50.4 Å². The minimum Gasteiger partial charge on any atom is -0.495 e. The van der Waals surface area contributed by atoms with Gasteiger partial charge in [-0.1, -0.05) is 0 Å². The number of halogens is 1. The lowest BCUT2D eigenvalue weighted by atomic mass is 9.93. The third-order valence-electron chi connectivity index (χ3n) is 3.67. The Morgan fingerprint density at radius 3 is 2.90 bits per heavy atom. The number of hydrogen-bond donors (Lipinski definition) is 2. The van der Waals surface area contributed by atoms with E-state index >= 15 is 0 Å². The molecule has 1 aliphatic heterocycles. The molecule has 0 atom stereocenters. The summed E-state index contributed by atoms with van der Waals surface area (Å²) in [6, 6.07) is 5.57. The second-order valence-electron chi connectivity index (χ2n) is 5.13. The largest absolute Gasteiger partial charge is 0.495 e. The number of methoxy groups -OCH3 is 1. The van der Waals surface area contributed by atoms with Crippen molar-refractivity contribution >= 4 is 27.5 Å². The Balaban J connectivity index is 1.81. The number of rotatable bonds is 5. The van der Waals surface area contributed by atoms with E-state index in [-0.39, 0.29) is 5.91 Å². The average molecular weight is 341 g/mol. The molecule has 0 spiro atoms. The van der Waals surface area contributed by atoms with Crippen LogP contribution in [0.2, 0.25) is 0 Å².